The molecule has 0 unspecified atom stereocenters. The lowest BCUT2D eigenvalue weighted by Gasteiger charge is -2.06. The number of esters is 1. The molecule has 2 aromatic carbocycles. The second-order valence-electron chi connectivity index (χ2n) is 5.72. The summed E-state index contributed by atoms with van der Waals surface area (Å²) in [4.78, 5) is 24.0. The van der Waals surface area contributed by atoms with E-state index >= 15 is 0 Å². The van der Waals surface area contributed by atoms with Gasteiger partial charge in [0.05, 0.1) is 16.8 Å². The molecule has 0 radical (unpaired) electrons. The van der Waals surface area contributed by atoms with Gasteiger partial charge < -0.3 is 4.74 Å². The minimum Gasteiger partial charge on any atom is -0.423 e. The van der Waals surface area contributed by atoms with E-state index in [1.807, 2.05) is 0 Å². The second kappa shape index (κ2) is 8.69. The van der Waals surface area contributed by atoms with Gasteiger partial charge in [0.25, 0.3) is 5.91 Å². The van der Waals surface area contributed by atoms with E-state index in [1.165, 1.54) is 18.3 Å². The number of hydrogen-bond donors (Lipinski definition) is 2. The smallest absolute Gasteiger partial charge is 0.345 e. The molecule has 9 heteroatoms. The normalized spacial score (nSPS) is 10.8. The molecular weight excluding hydrogens is 403 g/mol. The molecule has 0 spiro atoms. The summed E-state index contributed by atoms with van der Waals surface area (Å²) in [6.07, 6.45) is 1.46. The number of amides is 1. The topological polar surface area (TPSA) is 96.4 Å². The molecule has 3 rings (SSSR count). The van der Waals surface area contributed by atoms with Crippen LogP contribution in [0.15, 0.2) is 53.6 Å². The average molecular weight is 417 g/mol. The second-order valence-corrected chi connectivity index (χ2v) is 6.56. The van der Waals surface area contributed by atoms with Gasteiger partial charge in [-0.15, -0.1) is 0 Å². The molecule has 28 heavy (non-hydrogen) atoms. The fourth-order valence-electron chi connectivity index (χ4n) is 2.20. The highest BCUT2D eigenvalue weighted by Gasteiger charge is 2.13. The zero-order chi connectivity index (χ0) is 20.1. The van der Waals surface area contributed by atoms with E-state index in [9.17, 15) is 9.59 Å². The lowest BCUT2D eigenvalue weighted by Crippen LogP contribution is -2.18. The van der Waals surface area contributed by atoms with Crippen molar-refractivity contribution in [3.8, 4) is 5.75 Å². The van der Waals surface area contributed by atoms with Gasteiger partial charge in [0.1, 0.15) is 5.75 Å². The van der Waals surface area contributed by atoms with E-state index < -0.39 is 11.9 Å². The maximum Gasteiger partial charge on any atom is 0.345 e. The Morgan fingerprint density at radius 2 is 1.89 bits per heavy atom. The number of aryl methyl sites for hydroxylation is 1. The van der Waals surface area contributed by atoms with E-state index in [0.29, 0.717) is 16.3 Å². The predicted molar refractivity (Wildman–Crippen MR) is 106 cm³/mol. The summed E-state index contributed by atoms with van der Waals surface area (Å²) in [5.41, 5.74) is 4.31. The van der Waals surface area contributed by atoms with Gasteiger partial charge >= 0.3 is 5.97 Å². The van der Waals surface area contributed by atoms with Gasteiger partial charge in [0.15, 0.2) is 5.69 Å². The van der Waals surface area contributed by atoms with Crippen LogP contribution in [0.5, 0.6) is 5.75 Å². The first kappa shape index (κ1) is 19.6. The number of ether oxygens (including phenoxy) is 1. The summed E-state index contributed by atoms with van der Waals surface area (Å²) in [6, 6.07) is 12.7. The number of carbonyl (C=O) groups excluding carboxylic acids is 2. The predicted octanol–water partition coefficient (Wildman–Crippen LogP) is 4.01. The minimum atomic E-state index is -0.593. The number of H-pyrrole nitrogens is 1. The van der Waals surface area contributed by atoms with Crippen LogP contribution in [0.3, 0.4) is 0 Å². The molecule has 1 amide bonds. The molecule has 0 aliphatic heterocycles. The van der Waals surface area contributed by atoms with Crippen LogP contribution in [0.4, 0.5) is 0 Å². The summed E-state index contributed by atoms with van der Waals surface area (Å²) >= 11 is 11.8. The monoisotopic (exact) mass is 416 g/mol. The molecule has 7 nitrogen and oxygen atoms in total. The average Bonchev–Trinajstić information content (AvgIpc) is 3.09. The number of rotatable bonds is 5. The van der Waals surface area contributed by atoms with E-state index in [2.05, 4.69) is 20.7 Å². The lowest BCUT2D eigenvalue weighted by molar-refractivity contribution is 0.0734. The molecule has 2 N–H and O–H groups in total. The first-order valence-electron chi connectivity index (χ1n) is 8.05. The summed E-state index contributed by atoms with van der Waals surface area (Å²) in [5, 5.41) is 11.0. The van der Waals surface area contributed by atoms with Gasteiger partial charge in [-0.05, 0) is 61.0 Å². The highest BCUT2D eigenvalue weighted by atomic mass is 35.5. The Bertz CT molecular complexity index is 1050. The number of halogens is 2. The molecule has 0 aliphatic carbocycles. The Labute approximate surface area is 170 Å². The fraction of sp³-hybridized carbons (Fsp3) is 0.0526. The van der Waals surface area contributed by atoms with Crippen LogP contribution >= 0.6 is 23.2 Å². The largest absolute Gasteiger partial charge is 0.423 e. The molecule has 3 aromatic rings. The molecule has 0 aliphatic rings. The van der Waals surface area contributed by atoms with Crippen molar-refractivity contribution in [2.75, 3.05) is 0 Å². The summed E-state index contributed by atoms with van der Waals surface area (Å²) in [5.74, 6) is -0.681. The van der Waals surface area contributed by atoms with Crippen LogP contribution in [0.2, 0.25) is 10.0 Å². The standard InChI is InChI=1S/C19H14Cl2N4O3/c1-11-8-17(24-23-11)18(26)25-22-10-12-2-5-14(6-3-12)28-19(27)15-7-4-13(20)9-16(15)21/h2-10H,1H3,(H,23,24)(H,25,26). The molecule has 0 fully saturated rings. The van der Waals surface area contributed by atoms with E-state index in [-0.39, 0.29) is 16.3 Å². The van der Waals surface area contributed by atoms with Crippen LogP contribution in [0.25, 0.3) is 0 Å². The van der Waals surface area contributed by atoms with Gasteiger partial charge in [-0.2, -0.15) is 10.2 Å². The van der Waals surface area contributed by atoms with Gasteiger partial charge in [0.2, 0.25) is 0 Å². The molecule has 0 atom stereocenters. The van der Waals surface area contributed by atoms with Crippen molar-refractivity contribution in [3.05, 3.63) is 81.1 Å². The maximum atomic E-state index is 12.2. The van der Waals surface area contributed by atoms with Crippen molar-refractivity contribution in [3.63, 3.8) is 0 Å². The first-order valence-corrected chi connectivity index (χ1v) is 8.80. The Hall–Kier alpha value is -3.16. The number of nitrogens with one attached hydrogen (secondary N) is 2. The summed E-state index contributed by atoms with van der Waals surface area (Å²) < 4.78 is 5.29. The van der Waals surface area contributed by atoms with Gasteiger partial charge in [-0.3, -0.25) is 9.89 Å². The highest BCUT2D eigenvalue weighted by Crippen LogP contribution is 2.22. The first-order chi connectivity index (χ1) is 13.4. The molecule has 1 heterocycles. The van der Waals surface area contributed by atoms with Crippen LogP contribution in [0.1, 0.15) is 32.1 Å². The van der Waals surface area contributed by atoms with Crippen LogP contribution in [0, 0.1) is 6.92 Å². The number of carbonyl (C=O) groups is 2. The Kier molecular flexibility index (Phi) is 6.08. The molecule has 1 aromatic heterocycles. The number of aromatic nitrogens is 2. The van der Waals surface area contributed by atoms with Crippen molar-refractivity contribution >= 4 is 41.3 Å². The molecule has 0 saturated heterocycles. The van der Waals surface area contributed by atoms with Crippen molar-refractivity contribution in [2.45, 2.75) is 6.92 Å². The zero-order valence-corrected chi connectivity index (χ0v) is 16.1. The third-order valence-corrected chi connectivity index (χ3v) is 4.11. The summed E-state index contributed by atoms with van der Waals surface area (Å²) in [6.45, 7) is 1.79. The zero-order valence-electron chi connectivity index (χ0n) is 14.6. The van der Waals surface area contributed by atoms with E-state index in [4.69, 9.17) is 27.9 Å². The van der Waals surface area contributed by atoms with Crippen LogP contribution in [-0.4, -0.2) is 28.3 Å². The number of nitrogens with zero attached hydrogens (tertiary/aromatic N) is 2. The number of aromatic amines is 1. The van der Waals surface area contributed by atoms with Crippen molar-refractivity contribution < 1.29 is 14.3 Å². The minimum absolute atomic E-state index is 0.212. The molecular formula is C19H14Cl2N4O3. The van der Waals surface area contributed by atoms with Crippen LogP contribution < -0.4 is 10.2 Å². The van der Waals surface area contributed by atoms with E-state index in [1.54, 1.807) is 43.3 Å². The van der Waals surface area contributed by atoms with Crippen molar-refractivity contribution in [1.82, 2.24) is 15.6 Å². The number of benzene rings is 2. The Morgan fingerprint density at radius 1 is 1.14 bits per heavy atom. The van der Waals surface area contributed by atoms with Crippen LogP contribution in [-0.2, 0) is 0 Å². The molecule has 142 valence electrons. The third kappa shape index (κ3) is 4.97. The molecule has 0 bridgehead atoms. The lowest BCUT2D eigenvalue weighted by atomic mass is 10.2. The van der Waals surface area contributed by atoms with Crippen molar-refractivity contribution in [2.24, 2.45) is 5.10 Å². The SMILES string of the molecule is Cc1cc(C(=O)NN=Cc2ccc(OC(=O)c3ccc(Cl)cc3Cl)cc2)n[nH]1. The third-order valence-electron chi connectivity index (χ3n) is 3.56. The highest BCUT2D eigenvalue weighted by molar-refractivity contribution is 6.36. The Morgan fingerprint density at radius 3 is 2.54 bits per heavy atom. The quantitative estimate of drug-likeness (QED) is 0.284. The van der Waals surface area contributed by atoms with Gasteiger partial charge in [-0.1, -0.05) is 23.2 Å². The maximum absolute atomic E-state index is 12.2. The molecule has 0 saturated carbocycles. The van der Waals surface area contributed by atoms with Crippen molar-refractivity contribution in [1.29, 1.82) is 0 Å². The van der Waals surface area contributed by atoms with Gasteiger partial charge in [-0.25, -0.2) is 10.2 Å². The number of hydrazone groups is 1. The van der Waals surface area contributed by atoms with Gasteiger partial charge in [0, 0.05) is 10.7 Å². The Balaban J connectivity index is 1.58. The van der Waals surface area contributed by atoms with E-state index in [0.717, 1.165) is 5.69 Å². The fourth-order valence-corrected chi connectivity index (χ4v) is 2.68. The number of hydrogen-bond acceptors (Lipinski definition) is 5. The summed E-state index contributed by atoms with van der Waals surface area (Å²) in [7, 11) is 0.